The molecule has 1 unspecified atom stereocenters. The number of rotatable bonds is 5. The number of carbonyl (C=O) groups excluding carboxylic acids is 1. The topological polar surface area (TPSA) is 75.4 Å². The molecule has 6 heteroatoms. The van der Waals surface area contributed by atoms with Gasteiger partial charge in [0.25, 0.3) is 0 Å². The zero-order chi connectivity index (χ0) is 13.0. The van der Waals surface area contributed by atoms with E-state index in [0.29, 0.717) is 25.9 Å². The van der Waals surface area contributed by atoms with Gasteiger partial charge in [-0.15, -0.1) is 0 Å². The van der Waals surface area contributed by atoms with Crippen LogP contribution in [0.15, 0.2) is 18.5 Å². The minimum atomic E-state index is -0.806. The highest BCUT2D eigenvalue weighted by Crippen LogP contribution is 2.17. The van der Waals surface area contributed by atoms with Crippen molar-refractivity contribution in [3.63, 3.8) is 0 Å². The zero-order valence-corrected chi connectivity index (χ0v) is 10.2. The van der Waals surface area contributed by atoms with Crippen LogP contribution in [0.3, 0.4) is 0 Å². The molecule has 6 nitrogen and oxygen atoms in total. The molecule has 1 aromatic rings. The maximum Gasteiger partial charge on any atom is 0.308 e. The smallest absolute Gasteiger partial charge is 0.308 e. The van der Waals surface area contributed by atoms with E-state index in [0.717, 1.165) is 13.0 Å². The first-order valence-corrected chi connectivity index (χ1v) is 6.15. The van der Waals surface area contributed by atoms with Crippen molar-refractivity contribution in [1.82, 2.24) is 14.7 Å². The van der Waals surface area contributed by atoms with E-state index >= 15 is 0 Å². The molecule has 1 N–H and O–H groups in total. The fraction of sp³-hybridized carbons (Fsp3) is 0.583. The maximum atomic E-state index is 11.7. The number of hydrogen-bond acceptors (Lipinski definition) is 3. The van der Waals surface area contributed by atoms with E-state index in [4.69, 9.17) is 5.11 Å². The van der Waals surface area contributed by atoms with Crippen molar-refractivity contribution in [2.24, 2.45) is 5.92 Å². The van der Waals surface area contributed by atoms with Crippen LogP contribution in [0.4, 0.5) is 0 Å². The molecule has 1 aliphatic rings. The van der Waals surface area contributed by atoms with Gasteiger partial charge in [0.05, 0.1) is 5.92 Å². The number of carbonyl (C=O) groups is 2. The van der Waals surface area contributed by atoms with Gasteiger partial charge < -0.3 is 10.0 Å². The Hall–Kier alpha value is -1.85. The molecule has 0 aromatic carbocycles. The van der Waals surface area contributed by atoms with Crippen molar-refractivity contribution in [3.8, 4) is 0 Å². The lowest BCUT2D eigenvalue weighted by molar-refractivity contribution is -0.147. The van der Waals surface area contributed by atoms with Gasteiger partial charge in [-0.05, 0) is 18.9 Å². The summed E-state index contributed by atoms with van der Waals surface area (Å²) in [7, 11) is 0. The van der Waals surface area contributed by atoms with Crippen LogP contribution in [0.5, 0.6) is 0 Å². The predicted molar refractivity (Wildman–Crippen MR) is 63.8 cm³/mol. The summed E-state index contributed by atoms with van der Waals surface area (Å²) in [5.41, 5.74) is 0. The van der Waals surface area contributed by atoms with Gasteiger partial charge in [0, 0.05) is 38.4 Å². The molecule has 1 aromatic heterocycles. The molecular formula is C12H17N3O3. The van der Waals surface area contributed by atoms with E-state index in [9.17, 15) is 9.59 Å². The van der Waals surface area contributed by atoms with Gasteiger partial charge in [0.15, 0.2) is 0 Å². The molecular weight excluding hydrogens is 234 g/mol. The van der Waals surface area contributed by atoms with Crippen LogP contribution in [0, 0.1) is 5.92 Å². The van der Waals surface area contributed by atoms with Crippen molar-refractivity contribution in [2.75, 3.05) is 13.1 Å². The van der Waals surface area contributed by atoms with Gasteiger partial charge in [0.1, 0.15) is 0 Å². The Morgan fingerprint density at radius 2 is 2.33 bits per heavy atom. The minimum absolute atomic E-state index is 0.0629. The number of aliphatic carboxylic acids is 1. The van der Waals surface area contributed by atoms with Crippen LogP contribution >= 0.6 is 0 Å². The average Bonchev–Trinajstić information content (AvgIpc) is 2.84. The van der Waals surface area contributed by atoms with Gasteiger partial charge in [-0.25, -0.2) is 0 Å². The number of amides is 1. The SMILES string of the molecule is O=C(O)C1CCC(=O)N(CCCn2cccn2)C1. The lowest BCUT2D eigenvalue weighted by Crippen LogP contribution is -2.43. The average molecular weight is 251 g/mol. The molecule has 0 bridgehead atoms. The third kappa shape index (κ3) is 3.09. The van der Waals surface area contributed by atoms with Crippen LogP contribution in [-0.2, 0) is 16.1 Å². The van der Waals surface area contributed by atoms with Gasteiger partial charge in [-0.1, -0.05) is 0 Å². The van der Waals surface area contributed by atoms with E-state index in [1.165, 1.54) is 0 Å². The highest BCUT2D eigenvalue weighted by atomic mass is 16.4. The summed E-state index contributed by atoms with van der Waals surface area (Å²) >= 11 is 0. The standard InChI is InChI=1S/C12H17N3O3/c16-11-4-3-10(12(17)18)9-14(11)6-2-8-15-7-1-5-13-15/h1,5,7,10H,2-4,6,8-9H2,(H,17,18). The highest BCUT2D eigenvalue weighted by molar-refractivity contribution is 5.80. The molecule has 1 fully saturated rings. The second-order valence-electron chi connectivity index (χ2n) is 4.54. The van der Waals surface area contributed by atoms with E-state index in [2.05, 4.69) is 5.10 Å². The van der Waals surface area contributed by atoms with E-state index in [1.54, 1.807) is 11.1 Å². The number of aryl methyl sites for hydroxylation is 1. The van der Waals surface area contributed by atoms with Crippen molar-refractivity contribution in [3.05, 3.63) is 18.5 Å². The van der Waals surface area contributed by atoms with Gasteiger partial charge in [-0.3, -0.25) is 14.3 Å². The summed E-state index contributed by atoms with van der Waals surface area (Å²) in [5, 5.41) is 13.0. The summed E-state index contributed by atoms with van der Waals surface area (Å²) in [6.45, 7) is 1.68. The lowest BCUT2D eigenvalue weighted by Gasteiger charge is -2.30. The third-order valence-electron chi connectivity index (χ3n) is 3.22. The first kappa shape index (κ1) is 12.6. The Labute approximate surface area is 105 Å². The first-order valence-electron chi connectivity index (χ1n) is 6.15. The Morgan fingerprint density at radius 1 is 1.50 bits per heavy atom. The Morgan fingerprint density at radius 3 is 3.00 bits per heavy atom. The van der Waals surface area contributed by atoms with Crippen molar-refractivity contribution in [1.29, 1.82) is 0 Å². The fourth-order valence-electron chi connectivity index (χ4n) is 2.19. The van der Waals surface area contributed by atoms with Gasteiger partial charge >= 0.3 is 5.97 Å². The van der Waals surface area contributed by atoms with Crippen molar-refractivity contribution >= 4 is 11.9 Å². The van der Waals surface area contributed by atoms with Gasteiger partial charge in [0.2, 0.25) is 5.91 Å². The van der Waals surface area contributed by atoms with Gasteiger partial charge in [-0.2, -0.15) is 5.10 Å². The van der Waals surface area contributed by atoms with Crippen LogP contribution in [0.25, 0.3) is 0 Å². The number of piperidine rings is 1. The summed E-state index contributed by atoms with van der Waals surface area (Å²) in [6.07, 6.45) is 5.19. The number of likely N-dealkylation sites (tertiary alicyclic amines) is 1. The van der Waals surface area contributed by atoms with E-state index in [1.807, 2.05) is 16.9 Å². The molecule has 1 saturated heterocycles. The number of nitrogens with zero attached hydrogens (tertiary/aromatic N) is 3. The fourth-order valence-corrected chi connectivity index (χ4v) is 2.19. The van der Waals surface area contributed by atoms with Crippen LogP contribution in [0.2, 0.25) is 0 Å². The molecule has 2 rings (SSSR count). The Kier molecular flexibility index (Phi) is 3.96. The van der Waals surface area contributed by atoms with Crippen LogP contribution < -0.4 is 0 Å². The normalized spacial score (nSPS) is 20.1. The third-order valence-corrected chi connectivity index (χ3v) is 3.22. The zero-order valence-electron chi connectivity index (χ0n) is 10.2. The number of hydrogen-bond donors (Lipinski definition) is 1. The molecule has 1 aliphatic heterocycles. The van der Waals surface area contributed by atoms with Crippen molar-refractivity contribution in [2.45, 2.75) is 25.8 Å². The molecule has 1 amide bonds. The second-order valence-corrected chi connectivity index (χ2v) is 4.54. The molecule has 98 valence electrons. The molecule has 0 aliphatic carbocycles. The highest BCUT2D eigenvalue weighted by Gasteiger charge is 2.29. The largest absolute Gasteiger partial charge is 0.481 e. The second kappa shape index (κ2) is 5.66. The Balaban J connectivity index is 1.79. The maximum absolute atomic E-state index is 11.7. The molecule has 0 radical (unpaired) electrons. The summed E-state index contributed by atoms with van der Waals surface area (Å²) in [5.74, 6) is -1.15. The number of carboxylic acids is 1. The molecule has 2 heterocycles. The summed E-state index contributed by atoms with van der Waals surface area (Å²) < 4.78 is 1.81. The molecule has 18 heavy (non-hydrogen) atoms. The minimum Gasteiger partial charge on any atom is -0.481 e. The molecule has 0 saturated carbocycles. The first-order chi connectivity index (χ1) is 8.66. The summed E-state index contributed by atoms with van der Waals surface area (Å²) in [6, 6.07) is 1.85. The lowest BCUT2D eigenvalue weighted by atomic mass is 9.97. The molecule has 0 spiro atoms. The van der Waals surface area contributed by atoms with Crippen LogP contribution in [0.1, 0.15) is 19.3 Å². The summed E-state index contributed by atoms with van der Waals surface area (Å²) in [4.78, 5) is 24.2. The number of carboxylic acid groups (broad SMARTS) is 1. The van der Waals surface area contributed by atoms with Crippen molar-refractivity contribution < 1.29 is 14.7 Å². The quantitative estimate of drug-likeness (QED) is 0.831. The van der Waals surface area contributed by atoms with E-state index < -0.39 is 11.9 Å². The van der Waals surface area contributed by atoms with Crippen LogP contribution in [-0.4, -0.2) is 44.8 Å². The van der Waals surface area contributed by atoms with E-state index in [-0.39, 0.29) is 5.91 Å². The monoisotopic (exact) mass is 251 g/mol. The Bertz CT molecular complexity index is 416. The molecule has 1 atom stereocenters. The number of aromatic nitrogens is 2. The predicted octanol–water partition coefficient (Wildman–Crippen LogP) is 0.596.